The van der Waals surface area contributed by atoms with Crippen molar-refractivity contribution in [2.45, 2.75) is 25.4 Å². The Labute approximate surface area is 185 Å². The SMILES string of the molecule is O=C(NC1CCN(Cc2ccccc2)CC1)c1ccc(-c2csc3ccccc23)s1. The lowest BCUT2D eigenvalue weighted by Crippen LogP contribution is -2.44. The molecule has 1 saturated heterocycles. The summed E-state index contributed by atoms with van der Waals surface area (Å²) in [6.45, 7) is 3.04. The fourth-order valence-electron chi connectivity index (χ4n) is 4.11. The Hall–Kier alpha value is -2.47. The van der Waals surface area contributed by atoms with E-state index in [4.69, 9.17) is 0 Å². The van der Waals surface area contributed by atoms with Crippen LogP contribution in [0.3, 0.4) is 0 Å². The zero-order valence-corrected chi connectivity index (χ0v) is 18.3. The van der Waals surface area contributed by atoms with E-state index in [1.54, 1.807) is 22.7 Å². The smallest absolute Gasteiger partial charge is 0.261 e. The first kappa shape index (κ1) is 19.5. The Balaban J connectivity index is 1.19. The van der Waals surface area contributed by atoms with Gasteiger partial charge in [-0.2, -0.15) is 0 Å². The lowest BCUT2D eigenvalue weighted by atomic mass is 10.0. The van der Waals surface area contributed by atoms with Crippen LogP contribution in [0, 0.1) is 0 Å². The van der Waals surface area contributed by atoms with E-state index in [-0.39, 0.29) is 11.9 Å². The van der Waals surface area contributed by atoms with Crippen LogP contribution in [0.4, 0.5) is 0 Å². The normalized spacial score (nSPS) is 15.5. The first-order chi connectivity index (χ1) is 14.8. The average molecular weight is 433 g/mol. The summed E-state index contributed by atoms with van der Waals surface area (Å²) in [6.07, 6.45) is 2.01. The van der Waals surface area contributed by atoms with Gasteiger partial charge in [-0.15, -0.1) is 22.7 Å². The minimum absolute atomic E-state index is 0.0623. The monoisotopic (exact) mass is 432 g/mol. The lowest BCUT2D eigenvalue weighted by molar-refractivity contribution is 0.0913. The molecule has 0 bridgehead atoms. The second-order valence-corrected chi connectivity index (χ2v) is 9.81. The van der Waals surface area contributed by atoms with Gasteiger partial charge in [0.15, 0.2) is 0 Å². The maximum atomic E-state index is 12.8. The molecule has 0 atom stereocenters. The number of amides is 1. The Bertz CT molecular complexity index is 1140. The number of piperidine rings is 1. The van der Waals surface area contributed by atoms with Gasteiger partial charge in [-0.25, -0.2) is 0 Å². The second kappa shape index (κ2) is 8.72. The van der Waals surface area contributed by atoms with Crippen LogP contribution < -0.4 is 5.32 Å². The van der Waals surface area contributed by atoms with Crippen molar-refractivity contribution >= 4 is 38.7 Å². The minimum Gasteiger partial charge on any atom is -0.349 e. The van der Waals surface area contributed by atoms with Crippen LogP contribution >= 0.6 is 22.7 Å². The molecule has 2 aromatic heterocycles. The summed E-state index contributed by atoms with van der Waals surface area (Å²) in [5, 5.41) is 6.72. The quantitative estimate of drug-likeness (QED) is 0.418. The van der Waals surface area contributed by atoms with E-state index in [2.05, 4.69) is 76.3 Å². The van der Waals surface area contributed by atoms with Gasteiger partial charge in [0, 0.05) is 51.6 Å². The van der Waals surface area contributed by atoms with E-state index in [0.717, 1.165) is 42.2 Å². The largest absolute Gasteiger partial charge is 0.349 e. The molecule has 0 radical (unpaired) electrons. The highest BCUT2D eigenvalue weighted by Gasteiger charge is 2.22. The van der Waals surface area contributed by atoms with E-state index < -0.39 is 0 Å². The van der Waals surface area contributed by atoms with Crippen LogP contribution in [0.5, 0.6) is 0 Å². The summed E-state index contributed by atoms with van der Waals surface area (Å²) in [5.74, 6) is 0.0623. The molecule has 3 nitrogen and oxygen atoms in total. The Kier molecular flexibility index (Phi) is 5.67. The van der Waals surface area contributed by atoms with Crippen LogP contribution in [0.25, 0.3) is 20.5 Å². The number of carbonyl (C=O) groups excluding carboxylic acids is 1. The predicted molar refractivity (Wildman–Crippen MR) is 127 cm³/mol. The van der Waals surface area contributed by atoms with Crippen molar-refractivity contribution in [2.75, 3.05) is 13.1 Å². The summed E-state index contributed by atoms with van der Waals surface area (Å²) in [5.41, 5.74) is 2.58. The van der Waals surface area contributed by atoms with Crippen molar-refractivity contribution in [3.05, 3.63) is 82.6 Å². The maximum Gasteiger partial charge on any atom is 0.261 e. The fraction of sp³-hybridized carbons (Fsp3) is 0.240. The summed E-state index contributed by atoms with van der Waals surface area (Å²) < 4.78 is 1.29. The summed E-state index contributed by atoms with van der Waals surface area (Å²) in [4.78, 5) is 17.3. The summed E-state index contributed by atoms with van der Waals surface area (Å²) >= 11 is 3.35. The molecule has 0 unspecified atom stereocenters. The van der Waals surface area contributed by atoms with E-state index in [1.807, 2.05) is 6.07 Å². The third-order valence-electron chi connectivity index (χ3n) is 5.75. The van der Waals surface area contributed by atoms with Crippen LogP contribution in [-0.4, -0.2) is 29.9 Å². The average Bonchev–Trinajstić information content (AvgIpc) is 3.43. The molecule has 1 N–H and O–H groups in total. The highest BCUT2D eigenvalue weighted by molar-refractivity contribution is 7.20. The van der Waals surface area contributed by atoms with Crippen molar-refractivity contribution in [3.63, 3.8) is 0 Å². The molecule has 30 heavy (non-hydrogen) atoms. The van der Waals surface area contributed by atoms with Gasteiger partial charge >= 0.3 is 0 Å². The molecule has 0 aliphatic carbocycles. The van der Waals surface area contributed by atoms with Gasteiger partial charge < -0.3 is 5.32 Å². The molecule has 5 rings (SSSR count). The van der Waals surface area contributed by atoms with E-state index in [1.165, 1.54) is 21.2 Å². The van der Waals surface area contributed by atoms with Crippen LogP contribution in [-0.2, 0) is 6.54 Å². The predicted octanol–water partition coefficient (Wildman–Crippen LogP) is 6.02. The first-order valence-electron chi connectivity index (χ1n) is 10.4. The Morgan fingerprint density at radius 1 is 0.967 bits per heavy atom. The van der Waals surface area contributed by atoms with Gasteiger partial charge in [0.1, 0.15) is 0 Å². The van der Waals surface area contributed by atoms with Crippen molar-refractivity contribution in [2.24, 2.45) is 0 Å². The van der Waals surface area contributed by atoms with E-state index >= 15 is 0 Å². The number of likely N-dealkylation sites (tertiary alicyclic amines) is 1. The summed E-state index contributed by atoms with van der Waals surface area (Å²) in [7, 11) is 0. The molecule has 0 spiro atoms. The van der Waals surface area contributed by atoms with Crippen molar-refractivity contribution in [1.82, 2.24) is 10.2 Å². The lowest BCUT2D eigenvalue weighted by Gasteiger charge is -2.32. The highest BCUT2D eigenvalue weighted by Crippen LogP contribution is 2.37. The van der Waals surface area contributed by atoms with Crippen molar-refractivity contribution in [3.8, 4) is 10.4 Å². The Morgan fingerprint density at radius 2 is 1.73 bits per heavy atom. The maximum absolute atomic E-state index is 12.8. The minimum atomic E-state index is 0.0623. The van der Waals surface area contributed by atoms with Gasteiger partial charge in [-0.1, -0.05) is 48.5 Å². The third-order valence-corrected chi connectivity index (χ3v) is 7.83. The highest BCUT2D eigenvalue weighted by atomic mass is 32.1. The van der Waals surface area contributed by atoms with Gasteiger partial charge in [-0.3, -0.25) is 9.69 Å². The van der Waals surface area contributed by atoms with Crippen LogP contribution in [0.1, 0.15) is 28.1 Å². The zero-order valence-electron chi connectivity index (χ0n) is 16.7. The van der Waals surface area contributed by atoms with Gasteiger partial charge in [0.05, 0.1) is 4.88 Å². The van der Waals surface area contributed by atoms with E-state index in [0.29, 0.717) is 0 Å². The number of fused-ring (bicyclic) bond motifs is 1. The van der Waals surface area contributed by atoms with E-state index in [9.17, 15) is 4.79 Å². The van der Waals surface area contributed by atoms with Gasteiger partial charge in [-0.05, 0) is 36.6 Å². The molecular formula is C25H24N2OS2. The third kappa shape index (κ3) is 4.19. The molecule has 1 fully saturated rings. The number of hydrogen-bond donors (Lipinski definition) is 1. The zero-order chi connectivity index (χ0) is 20.3. The number of nitrogens with zero attached hydrogens (tertiary/aromatic N) is 1. The number of nitrogens with one attached hydrogen (secondary N) is 1. The standard InChI is InChI=1S/C25H24N2OS2/c28-25(26-19-12-14-27(15-13-19)16-18-6-2-1-3-7-18)24-11-10-23(30-24)21-17-29-22-9-5-4-8-20(21)22/h1-11,17,19H,12-16H2,(H,26,28). The number of hydrogen-bond acceptors (Lipinski definition) is 4. The number of carbonyl (C=O) groups is 1. The molecule has 3 heterocycles. The number of thiophene rings is 2. The molecule has 2 aromatic carbocycles. The number of benzene rings is 2. The Morgan fingerprint density at radius 3 is 2.57 bits per heavy atom. The van der Waals surface area contributed by atoms with Gasteiger partial charge in [0.2, 0.25) is 0 Å². The molecule has 4 aromatic rings. The van der Waals surface area contributed by atoms with Crippen molar-refractivity contribution < 1.29 is 4.79 Å². The first-order valence-corrected chi connectivity index (χ1v) is 12.1. The number of rotatable bonds is 5. The van der Waals surface area contributed by atoms with Crippen molar-refractivity contribution in [1.29, 1.82) is 0 Å². The topological polar surface area (TPSA) is 32.3 Å². The molecule has 1 aliphatic rings. The fourth-order valence-corrected chi connectivity index (χ4v) is 6.08. The molecule has 0 saturated carbocycles. The molecule has 1 aliphatic heterocycles. The van der Waals surface area contributed by atoms with Gasteiger partial charge in [0.25, 0.3) is 5.91 Å². The second-order valence-electron chi connectivity index (χ2n) is 7.82. The molecule has 1 amide bonds. The molecular weight excluding hydrogens is 408 g/mol. The molecule has 152 valence electrons. The van der Waals surface area contributed by atoms with Crippen LogP contribution in [0.2, 0.25) is 0 Å². The van der Waals surface area contributed by atoms with Crippen LogP contribution in [0.15, 0.2) is 72.1 Å². The summed E-state index contributed by atoms with van der Waals surface area (Å²) in [6, 6.07) is 23.4. The molecule has 5 heteroatoms.